The standard InChI is InChI=1S/C20H13ClN4O2/c1-11-18(13-3-5-14(21)6-4-13)19-23-10-16(20(27)25(19)24-11)15-7-2-12(9-22)8-17(15)26/h2-8,10,24,26H,1H3. The van der Waals surface area contributed by atoms with Crippen molar-refractivity contribution in [1.82, 2.24) is 14.6 Å². The van der Waals surface area contributed by atoms with Gasteiger partial charge in [-0.2, -0.15) is 5.26 Å². The maximum atomic E-state index is 13.0. The molecule has 0 aliphatic heterocycles. The van der Waals surface area contributed by atoms with E-state index in [9.17, 15) is 9.90 Å². The molecule has 0 saturated carbocycles. The van der Waals surface area contributed by atoms with Gasteiger partial charge in [-0.05, 0) is 42.8 Å². The zero-order valence-corrected chi connectivity index (χ0v) is 14.9. The summed E-state index contributed by atoms with van der Waals surface area (Å²) in [5.74, 6) is -0.144. The largest absolute Gasteiger partial charge is 0.507 e. The van der Waals surface area contributed by atoms with Crippen molar-refractivity contribution in [2.24, 2.45) is 0 Å². The number of halogens is 1. The van der Waals surface area contributed by atoms with Gasteiger partial charge in [-0.25, -0.2) is 9.50 Å². The molecule has 7 heteroatoms. The molecule has 0 atom stereocenters. The molecular weight excluding hydrogens is 364 g/mol. The van der Waals surface area contributed by atoms with Crippen molar-refractivity contribution in [1.29, 1.82) is 5.26 Å². The van der Waals surface area contributed by atoms with Crippen LogP contribution in [0, 0.1) is 18.3 Å². The quantitative estimate of drug-likeness (QED) is 0.554. The third kappa shape index (κ3) is 2.75. The number of aromatic hydroxyl groups is 1. The number of nitrogens with zero attached hydrogens (tertiary/aromatic N) is 3. The Kier molecular flexibility index (Phi) is 3.94. The molecular formula is C20H13ClN4O2. The third-order valence-electron chi connectivity index (χ3n) is 4.39. The highest BCUT2D eigenvalue weighted by Gasteiger charge is 2.17. The van der Waals surface area contributed by atoms with Gasteiger partial charge in [0, 0.05) is 28.0 Å². The Morgan fingerprint density at radius 3 is 2.59 bits per heavy atom. The van der Waals surface area contributed by atoms with Crippen LogP contribution in [0.25, 0.3) is 27.9 Å². The number of H-pyrrole nitrogens is 1. The van der Waals surface area contributed by atoms with Crippen molar-refractivity contribution in [3.8, 4) is 34.1 Å². The minimum atomic E-state index is -0.344. The maximum absolute atomic E-state index is 13.0. The average molecular weight is 377 g/mol. The van der Waals surface area contributed by atoms with E-state index >= 15 is 0 Å². The Bertz CT molecular complexity index is 1280. The summed E-state index contributed by atoms with van der Waals surface area (Å²) < 4.78 is 1.35. The molecule has 2 aromatic heterocycles. The fourth-order valence-corrected chi connectivity index (χ4v) is 3.23. The van der Waals surface area contributed by atoms with Crippen molar-refractivity contribution < 1.29 is 5.11 Å². The van der Waals surface area contributed by atoms with E-state index < -0.39 is 0 Å². The topological polar surface area (TPSA) is 94.2 Å². The molecule has 0 spiro atoms. The number of benzene rings is 2. The molecule has 6 nitrogen and oxygen atoms in total. The number of phenols is 1. The normalized spacial score (nSPS) is 10.9. The number of nitriles is 1. The van der Waals surface area contributed by atoms with E-state index in [1.54, 1.807) is 18.2 Å². The zero-order chi connectivity index (χ0) is 19.1. The molecule has 0 aliphatic carbocycles. The molecule has 0 radical (unpaired) electrons. The predicted molar refractivity (Wildman–Crippen MR) is 103 cm³/mol. The summed E-state index contributed by atoms with van der Waals surface area (Å²) in [6, 6.07) is 13.6. The lowest BCUT2D eigenvalue weighted by Gasteiger charge is -2.05. The summed E-state index contributed by atoms with van der Waals surface area (Å²) in [5, 5.41) is 22.8. The number of rotatable bonds is 2. The summed E-state index contributed by atoms with van der Waals surface area (Å²) >= 11 is 5.96. The monoisotopic (exact) mass is 376 g/mol. The second kappa shape index (κ2) is 6.31. The van der Waals surface area contributed by atoms with Gasteiger partial charge in [0.25, 0.3) is 5.56 Å². The third-order valence-corrected chi connectivity index (χ3v) is 4.64. The zero-order valence-electron chi connectivity index (χ0n) is 14.2. The van der Waals surface area contributed by atoms with Gasteiger partial charge in [-0.1, -0.05) is 23.7 Å². The van der Waals surface area contributed by atoms with E-state index in [-0.39, 0.29) is 16.9 Å². The van der Waals surface area contributed by atoms with Gasteiger partial charge in [-0.15, -0.1) is 0 Å². The first-order valence-electron chi connectivity index (χ1n) is 8.09. The molecule has 0 saturated heterocycles. The maximum Gasteiger partial charge on any atom is 0.280 e. The number of aromatic nitrogens is 3. The number of phenolic OH excluding ortho intramolecular Hbond substituents is 1. The molecule has 0 fully saturated rings. The van der Waals surface area contributed by atoms with E-state index in [2.05, 4.69) is 10.1 Å². The summed E-state index contributed by atoms with van der Waals surface area (Å²) in [7, 11) is 0. The van der Waals surface area contributed by atoms with Crippen LogP contribution in [0.5, 0.6) is 5.75 Å². The first kappa shape index (κ1) is 16.9. The smallest absolute Gasteiger partial charge is 0.280 e. The van der Waals surface area contributed by atoms with Crippen molar-refractivity contribution in [2.75, 3.05) is 0 Å². The summed E-state index contributed by atoms with van der Waals surface area (Å²) in [4.78, 5) is 17.4. The minimum absolute atomic E-state index is 0.144. The van der Waals surface area contributed by atoms with Crippen LogP contribution in [0.3, 0.4) is 0 Å². The predicted octanol–water partition coefficient (Wildman–Crippen LogP) is 3.90. The van der Waals surface area contributed by atoms with E-state index in [1.165, 1.54) is 22.8 Å². The molecule has 2 heterocycles. The van der Waals surface area contributed by atoms with Crippen LogP contribution < -0.4 is 5.56 Å². The van der Waals surface area contributed by atoms with Crippen molar-refractivity contribution >= 4 is 17.2 Å². The second-order valence-electron chi connectivity index (χ2n) is 6.10. The number of aromatic amines is 1. The Hall–Kier alpha value is -3.56. The lowest BCUT2D eigenvalue weighted by atomic mass is 10.0. The number of hydrogen-bond donors (Lipinski definition) is 2. The number of nitrogens with one attached hydrogen (secondary N) is 1. The van der Waals surface area contributed by atoms with Gasteiger partial charge in [0.1, 0.15) is 5.75 Å². The molecule has 4 aromatic rings. The SMILES string of the molecule is Cc1[nH]n2c(=O)c(-c3ccc(C#N)cc3O)cnc2c1-c1ccc(Cl)cc1. The van der Waals surface area contributed by atoms with E-state index in [4.69, 9.17) is 16.9 Å². The van der Waals surface area contributed by atoms with Crippen LogP contribution in [0.2, 0.25) is 5.02 Å². The van der Waals surface area contributed by atoms with E-state index in [0.717, 1.165) is 16.8 Å². The van der Waals surface area contributed by atoms with Gasteiger partial charge in [-0.3, -0.25) is 9.89 Å². The second-order valence-corrected chi connectivity index (χ2v) is 6.53. The van der Waals surface area contributed by atoms with Gasteiger partial charge in [0.05, 0.1) is 17.2 Å². The Morgan fingerprint density at radius 2 is 1.93 bits per heavy atom. The molecule has 0 bridgehead atoms. The van der Waals surface area contributed by atoms with Crippen LogP contribution in [0.1, 0.15) is 11.3 Å². The Morgan fingerprint density at radius 1 is 1.19 bits per heavy atom. The van der Waals surface area contributed by atoms with Crippen LogP contribution >= 0.6 is 11.6 Å². The number of aryl methyl sites for hydroxylation is 1. The van der Waals surface area contributed by atoms with Crippen molar-refractivity contribution in [3.05, 3.63) is 75.3 Å². The van der Waals surface area contributed by atoms with Gasteiger partial charge in [0.2, 0.25) is 0 Å². The fraction of sp³-hybridized carbons (Fsp3) is 0.0500. The average Bonchev–Trinajstić information content (AvgIpc) is 3.00. The van der Waals surface area contributed by atoms with Gasteiger partial charge >= 0.3 is 0 Å². The summed E-state index contributed by atoms with van der Waals surface area (Å²) in [6.07, 6.45) is 1.44. The van der Waals surface area contributed by atoms with Crippen LogP contribution in [0.15, 0.2) is 53.5 Å². The highest BCUT2D eigenvalue weighted by Crippen LogP contribution is 2.30. The van der Waals surface area contributed by atoms with Crippen LogP contribution in [0.4, 0.5) is 0 Å². The van der Waals surface area contributed by atoms with E-state index in [0.29, 0.717) is 21.8 Å². The summed E-state index contributed by atoms with van der Waals surface area (Å²) in [5.41, 5.74) is 3.48. The highest BCUT2D eigenvalue weighted by atomic mass is 35.5. The first-order valence-corrected chi connectivity index (χ1v) is 8.47. The highest BCUT2D eigenvalue weighted by molar-refractivity contribution is 6.30. The molecule has 2 N–H and O–H groups in total. The van der Waals surface area contributed by atoms with Crippen molar-refractivity contribution in [3.63, 3.8) is 0 Å². The molecule has 132 valence electrons. The molecule has 4 rings (SSSR count). The molecule has 0 amide bonds. The lowest BCUT2D eigenvalue weighted by Crippen LogP contribution is -2.17. The minimum Gasteiger partial charge on any atom is -0.507 e. The molecule has 0 unspecified atom stereocenters. The molecule has 2 aromatic carbocycles. The first-order chi connectivity index (χ1) is 13.0. The molecule has 0 aliphatic rings. The fourth-order valence-electron chi connectivity index (χ4n) is 3.10. The van der Waals surface area contributed by atoms with Crippen LogP contribution in [-0.4, -0.2) is 19.7 Å². The van der Waals surface area contributed by atoms with Crippen molar-refractivity contribution in [2.45, 2.75) is 6.92 Å². The van der Waals surface area contributed by atoms with Gasteiger partial charge < -0.3 is 5.11 Å². The van der Waals surface area contributed by atoms with Crippen LogP contribution in [-0.2, 0) is 0 Å². The Labute approximate surface area is 158 Å². The molecule has 27 heavy (non-hydrogen) atoms. The number of fused-ring (bicyclic) bond motifs is 1. The Balaban J connectivity index is 1.93. The summed E-state index contributed by atoms with van der Waals surface area (Å²) in [6.45, 7) is 1.86. The van der Waals surface area contributed by atoms with Gasteiger partial charge in [0.15, 0.2) is 5.65 Å². The lowest BCUT2D eigenvalue weighted by molar-refractivity contribution is 0.477. The van der Waals surface area contributed by atoms with E-state index in [1.807, 2.05) is 25.1 Å². The number of hydrogen-bond acceptors (Lipinski definition) is 4.